The highest BCUT2D eigenvalue weighted by Gasteiger charge is 2.41. The van der Waals surface area contributed by atoms with Gasteiger partial charge in [0.2, 0.25) is 0 Å². The molecule has 2 unspecified atom stereocenters. The van der Waals surface area contributed by atoms with E-state index in [0.29, 0.717) is 32.0 Å². The van der Waals surface area contributed by atoms with Crippen LogP contribution in [0.2, 0.25) is 0 Å². The molecule has 2 aliphatic rings. The van der Waals surface area contributed by atoms with Crippen molar-refractivity contribution < 1.29 is 28.6 Å². The van der Waals surface area contributed by atoms with E-state index in [1.54, 1.807) is 0 Å². The molecule has 0 amide bonds. The quantitative estimate of drug-likeness (QED) is 0.781. The molecule has 0 aromatic heterocycles. The van der Waals surface area contributed by atoms with Crippen molar-refractivity contribution >= 4 is 12.6 Å². The highest BCUT2D eigenvalue weighted by Crippen LogP contribution is 2.34. The number of rotatable bonds is 3. The molecule has 21 heavy (non-hydrogen) atoms. The van der Waals surface area contributed by atoms with Crippen LogP contribution in [0, 0.1) is 5.82 Å². The first-order valence-corrected chi connectivity index (χ1v) is 7.11. The Kier molecular flexibility index (Phi) is 4.17. The summed E-state index contributed by atoms with van der Waals surface area (Å²) < 4.78 is 30.5. The van der Waals surface area contributed by atoms with Gasteiger partial charge in [-0.25, -0.2) is 4.39 Å². The molecule has 2 atom stereocenters. The lowest BCUT2D eigenvalue weighted by Gasteiger charge is -2.37. The Balaban J connectivity index is 1.71. The van der Waals surface area contributed by atoms with Gasteiger partial charge in [0.15, 0.2) is 0 Å². The SMILES string of the molecule is OB(O)c1cc(F)cc(OC2CCOC3(CCOC3)C2)c1. The number of ether oxygens (including phenoxy) is 3. The van der Waals surface area contributed by atoms with E-state index in [4.69, 9.17) is 24.3 Å². The fourth-order valence-electron chi connectivity index (χ4n) is 2.94. The van der Waals surface area contributed by atoms with E-state index < -0.39 is 12.9 Å². The van der Waals surface area contributed by atoms with Crippen molar-refractivity contribution in [2.24, 2.45) is 0 Å². The minimum Gasteiger partial charge on any atom is -0.490 e. The molecule has 0 aliphatic carbocycles. The predicted molar refractivity (Wildman–Crippen MR) is 74.0 cm³/mol. The molecule has 7 heteroatoms. The zero-order chi connectivity index (χ0) is 14.9. The van der Waals surface area contributed by atoms with Crippen LogP contribution in [0.4, 0.5) is 4.39 Å². The highest BCUT2D eigenvalue weighted by atomic mass is 19.1. The topological polar surface area (TPSA) is 68.2 Å². The molecule has 114 valence electrons. The largest absolute Gasteiger partial charge is 0.490 e. The zero-order valence-corrected chi connectivity index (χ0v) is 11.6. The summed E-state index contributed by atoms with van der Waals surface area (Å²) in [6.07, 6.45) is 2.16. The van der Waals surface area contributed by atoms with Gasteiger partial charge in [-0.15, -0.1) is 0 Å². The van der Waals surface area contributed by atoms with E-state index in [0.717, 1.165) is 18.9 Å². The Hall–Kier alpha value is -1.15. The molecule has 0 bridgehead atoms. The standard InChI is InChI=1S/C14H18BFO5/c16-11-5-10(15(17)18)6-13(7-11)21-12-1-3-20-14(8-12)2-4-19-9-14/h5-7,12,17-18H,1-4,8-9H2. The van der Waals surface area contributed by atoms with E-state index in [-0.39, 0.29) is 17.2 Å². The van der Waals surface area contributed by atoms with Crippen molar-refractivity contribution in [3.8, 4) is 5.75 Å². The second kappa shape index (κ2) is 5.92. The van der Waals surface area contributed by atoms with Gasteiger partial charge in [0.25, 0.3) is 0 Å². The summed E-state index contributed by atoms with van der Waals surface area (Å²) >= 11 is 0. The number of hydrogen-bond acceptors (Lipinski definition) is 5. The molecule has 2 aliphatic heterocycles. The van der Waals surface area contributed by atoms with Gasteiger partial charge in [-0.1, -0.05) is 0 Å². The van der Waals surface area contributed by atoms with Gasteiger partial charge in [-0.3, -0.25) is 0 Å². The normalized spacial score (nSPS) is 28.8. The lowest BCUT2D eigenvalue weighted by molar-refractivity contribution is -0.112. The Labute approximate surface area is 122 Å². The van der Waals surface area contributed by atoms with Gasteiger partial charge in [0.1, 0.15) is 17.7 Å². The first-order chi connectivity index (χ1) is 10.1. The van der Waals surface area contributed by atoms with Crippen molar-refractivity contribution in [2.45, 2.75) is 31.0 Å². The van der Waals surface area contributed by atoms with E-state index >= 15 is 0 Å². The smallest absolute Gasteiger partial charge is 0.488 e. The van der Waals surface area contributed by atoms with E-state index in [2.05, 4.69) is 0 Å². The molecule has 1 spiro atoms. The summed E-state index contributed by atoms with van der Waals surface area (Å²) in [5.41, 5.74) is -0.203. The van der Waals surface area contributed by atoms with Crippen molar-refractivity contribution in [1.29, 1.82) is 0 Å². The second-order valence-corrected chi connectivity index (χ2v) is 5.66. The molecule has 2 saturated heterocycles. The van der Waals surface area contributed by atoms with Crippen LogP contribution in [0.15, 0.2) is 18.2 Å². The Morgan fingerprint density at radius 2 is 2.14 bits per heavy atom. The summed E-state index contributed by atoms with van der Waals surface area (Å²) in [7, 11) is -1.72. The minimum atomic E-state index is -1.72. The first-order valence-electron chi connectivity index (χ1n) is 7.11. The lowest BCUT2D eigenvalue weighted by Crippen LogP contribution is -2.44. The molecule has 2 heterocycles. The monoisotopic (exact) mass is 296 g/mol. The third-order valence-corrected chi connectivity index (χ3v) is 4.01. The van der Waals surface area contributed by atoms with Crippen molar-refractivity contribution in [1.82, 2.24) is 0 Å². The van der Waals surface area contributed by atoms with Crippen LogP contribution < -0.4 is 10.2 Å². The van der Waals surface area contributed by atoms with Gasteiger partial charge in [-0.05, 0) is 17.6 Å². The number of hydrogen-bond donors (Lipinski definition) is 2. The van der Waals surface area contributed by atoms with Gasteiger partial charge in [0.05, 0.1) is 18.8 Å². The zero-order valence-electron chi connectivity index (χ0n) is 11.6. The van der Waals surface area contributed by atoms with Crippen LogP contribution in [0.3, 0.4) is 0 Å². The maximum Gasteiger partial charge on any atom is 0.488 e. The molecule has 0 saturated carbocycles. The Morgan fingerprint density at radius 1 is 1.29 bits per heavy atom. The van der Waals surface area contributed by atoms with Crippen molar-refractivity contribution in [3.05, 3.63) is 24.0 Å². The molecule has 2 N–H and O–H groups in total. The summed E-state index contributed by atoms with van der Waals surface area (Å²) in [5, 5.41) is 18.3. The summed E-state index contributed by atoms with van der Waals surface area (Å²) in [6.45, 7) is 1.84. The summed E-state index contributed by atoms with van der Waals surface area (Å²) in [5.74, 6) is -0.249. The van der Waals surface area contributed by atoms with E-state index in [1.807, 2.05) is 0 Å². The summed E-state index contributed by atoms with van der Waals surface area (Å²) in [4.78, 5) is 0. The van der Waals surface area contributed by atoms with Gasteiger partial charge < -0.3 is 24.3 Å². The van der Waals surface area contributed by atoms with Crippen LogP contribution in [0.5, 0.6) is 5.75 Å². The molecule has 0 radical (unpaired) electrons. The van der Waals surface area contributed by atoms with Crippen LogP contribution in [0.1, 0.15) is 19.3 Å². The van der Waals surface area contributed by atoms with E-state index in [1.165, 1.54) is 12.1 Å². The van der Waals surface area contributed by atoms with Crippen molar-refractivity contribution in [3.63, 3.8) is 0 Å². The Morgan fingerprint density at radius 3 is 2.86 bits per heavy atom. The fraction of sp³-hybridized carbons (Fsp3) is 0.571. The molecule has 2 fully saturated rings. The molecule has 1 aromatic rings. The third kappa shape index (κ3) is 3.37. The van der Waals surface area contributed by atoms with E-state index in [9.17, 15) is 4.39 Å². The summed E-state index contributed by atoms with van der Waals surface area (Å²) in [6, 6.07) is 3.77. The molecular formula is C14H18BFO5. The molecule has 3 rings (SSSR count). The second-order valence-electron chi connectivity index (χ2n) is 5.66. The van der Waals surface area contributed by atoms with Crippen LogP contribution in [-0.4, -0.2) is 48.7 Å². The van der Waals surface area contributed by atoms with Crippen molar-refractivity contribution in [2.75, 3.05) is 19.8 Å². The molecule has 5 nitrogen and oxygen atoms in total. The molecular weight excluding hydrogens is 278 g/mol. The predicted octanol–water partition coefficient (Wildman–Crippen LogP) is 0.222. The molecule has 1 aromatic carbocycles. The minimum absolute atomic E-state index is 0.0796. The average molecular weight is 296 g/mol. The van der Waals surface area contributed by atoms with Gasteiger partial charge in [0, 0.05) is 31.9 Å². The third-order valence-electron chi connectivity index (χ3n) is 4.01. The maximum absolute atomic E-state index is 13.5. The number of benzene rings is 1. The fourth-order valence-corrected chi connectivity index (χ4v) is 2.94. The number of halogens is 1. The van der Waals surface area contributed by atoms with Gasteiger partial charge >= 0.3 is 7.12 Å². The average Bonchev–Trinajstić information content (AvgIpc) is 2.86. The highest BCUT2D eigenvalue weighted by molar-refractivity contribution is 6.58. The maximum atomic E-state index is 13.5. The lowest BCUT2D eigenvalue weighted by atomic mass is 9.80. The first kappa shape index (κ1) is 14.8. The van der Waals surface area contributed by atoms with Crippen LogP contribution >= 0.6 is 0 Å². The van der Waals surface area contributed by atoms with Gasteiger partial charge in [-0.2, -0.15) is 0 Å². The Bertz CT molecular complexity index is 504. The van der Waals surface area contributed by atoms with Crippen LogP contribution in [-0.2, 0) is 9.47 Å². The van der Waals surface area contributed by atoms with Crippen LogP contribution in [0.25, 0.3) is 0 Å².